The first kappa shape index (κ1) is 20.3. The van der Waals surface area contributed by atoms with Crippen molar-refractivity contribution < 1.29 is 26.8 Å². The van der Waals surface area contributed by atoms with Gasteiger partial charge in [-0.2, -0.15) is 0 Å². The molecule has 0 bridgehead atoms. The monoisotopic (exact) mass is 416 g/mol. The average Bonchev–Trinajstić information content (AvgIpc) is 3.19. The van der Waals surface area contributed by atoms with Crippen LogP contribution in [0, 0.1) is 5.82 Å². The molecule has 29 heavy (non-hydrogen) atoms. The molecule has 0 aliphatic heterocycles. The van der Waals surface area contributed by atoms with Crippen molar-refractivity contribution in [3.63, 3.8) is 0 Å². The molecule has 150 valence electrons. The highest BCUT2D eigenvalue weighted by atomic mass is 32.2. The predicted molar refractivity (Wildman–Crippen MR) is 104 cm³/mol. The number of furan rings is 1. The Labute approximate surface area is 166 Å². The number of halogens is 1. The van der Waals surface area contributed by atoms with Crippen LogP contribution in [0.25, 0.3) is 0 Å². The van der Waals surface area contributed by atoms with Crippen LogP contribution in [-0.2, 0) is 16.4 Å². The summed E-state index contributed by atoms with van der Waals surface area (Å²) >= 11 is 0. The Morgan fingerprint density at radius 2 is 1.66 bits per heavy atom. The normalized spacial score (nSPS) is 11.1. The van der Waals surface area contributed by atoms with E-state index >= 15 is 0 Å². The van der Waals surface area contributed by atoms with Crippen molar-refractivity contribution in [2.75, 3.05) is 11.6 Å². The van der Waals surface area contributed by atoms with Crippen LogP contribution in [0.3, 0.4) is 0 Å². The van der Waals surface area contributed by atoms with E-state index in [-0.39, 0.29) is 17.4 Å². The Bertz CT molecular complexity index is 1150. The molecule has 3 aromatic rings. The van der Waals surface area contributed by atoms with E-state index in [1.165, 1.54) is 42.5 Å². The Morgan fingerprint density at radius 3 is 2.28 bits per heavy atom. The summed E-state index contributed by atoms with van der Waals surface area (Å²) in [7, 11) is -3.55. The van der Waals surface area contributed by atoms with E-state index in [9.17, 15) is 22.4 Å². The Kier molecular flexibility index (Phi) is 5.79. The highest BCUT2D eigenvalue weighted by Crippen LogP contribution is 2.16. The lowest BCUT2D eigenvalue weighted by Crippen LogP contribution is -2.23. The van der Waals surface area contributed by atoms with E-state index in [4.69, 9.17) is 4.42 Å². The molecule has 1 aromatic heterocycles. The molecule has 2 aromatic carbocycles. The summed E-state index contributed by atoms with van der Waals surface area (Å²) in [5.41, 5.74) is 1.09. The molecule has 0 spiro atoms. The number of carbonyl (C=O) groups is 2. The molecule has 1 heterocycles. The molecular weight excluding hydrogens is 399 g/mol. The number of benzene rings is 2. The molecule has 2 N–H and O–H groups in total. The zero-order valence-electron chi connectivity index (χ0n) is 15.3. The quantitative estimate of drug-likeness (QED) is 0.643. The Balaban J connectivity index is 1.61. The zero-order valence-corrected chi connectivity index (χ0v) is 16.1. The Morgan fingerprint density at radius 1 is 0.966 bits per heavy atom. The number of hydrogen-bond donors (Lipinski definition) is 2. The van der Waals surface area contributed by atoms with Gasteiger partial charge in [-0.15, -0.1) is 0 Å². The van der Waals surface area contributed by atoms with Gasteiger partial charge < -0.3 is 15.1 Å². The van der Waals surface area contributed by atoms with Crippen LogP contribution in [-0.4, -0.2) is 26.5 Å². The zero-order chi connectivity index (χ0) is 21.0. The summed E-state index contributed by atoms with van der Waals surface area (Å²) in [6.07, 6.45) is 0.976. The lowest BCUT2D eigenvalue weighted by Gasteiger charge is -2.08. The van der Waals surface area contributed by atoms with Crippen LogP contribution < -0.4 is 10.6 Å². The lowest BCUT2D eigenvalue weighted by atomic mass is 10.1. The third-order valence-electron chi connectivity index (χ3n) is 3.97. The fourth-order valence-electron chi connectivity index (χ4n) is 2.46. The SMILES string of the molecule is CS(=O)(=O)c1ccc(C(=O)Nc2ccc(C(=O)NCc3ccccc3F)cc2)o1. The van der Waals surface area contributed by atoms with Gasteiger partial charge in [0.15, 0.2) is 5.76 Å². The number of hydrogen-bond acceptors (Lipinski definition) is 5. The number of nitrogens with one attached hydrogen (secondary N) is 2. The van der Waals surface area contributed by atoms with Gasteiger partial charge in [0.1, 0.15) is 5.82 Å². The standard InChI is InChI=1S/C20H17FN2O5S/c1-29(26,27)18-11-10-17(28-18)20(25)23-15-8-6-13(7-9-15)19(24)22-12-14-4-2-3-5-16(14)21/h2-11H,12H2,1H3,(H,22,24)(H,23,25). The average molecular weight is 416 g/mol. The third kappa shape index (κ3) is 5.08. The number of sulfone groups is 1. The second-order valence-electron chi connectivity index (χ2n) is 6.20. The van der Waals surface area contributed by atoms with E-state index in [2.05, 4.69) is 10.6 Å². The number of rotatable bonds is 6. The highest BCUT2D eigenvalue weighted by molar-refractivity contribution is 7.90. The van der Waals surface area contributed by atoms with Gasteiger partial charge in [0.05, 0.1) is 0 Å². The highest BCUT2D eigenvalue weighted by Gasteiger charge is 2.17. The number of anilines is 1. The summed E-state index contributed by atoms with van der Waals surface area (Å²) in [6, 6.07) is 14.6. The largest absolute Gasteiger partial charge is 0.440 e. The van der Waals surface area contributed by atoms with Crippen LogP contribution in [0.15, 0.2) is 70.2 Å². The lowest BCUT2D eigenvalue weighted by molar-refractivity contribution is 0.0949. The fourth-order valence-corrected chi connectivity index (χ4v) is 3.01. The maximum absolute atomic E-state index is 13.6. The topological polar surface area (TPSA) is 105 Å². The smallest absolute Gasteiger partial charge is 0.291 e. The van der Waals surface area contributed by atoms with Crippen molar-refractivity contribution in [1.82, 2.24) is 5.32 Å². The van der Waals surface area contributed by atoms with Gasteiger partial charge in [-0.25, -0.2) is 12.8 Å². The summed E-state index contributed by atoms with van der Waals surface area (Å²) in [6.45, 7) is 0.0468. The van der Waals surface area contributed by atoms with Crippen molar-refractivity contribution in [3.05, 3.63) is 83.4 Å². The van der Waals surface area contributed by atoms with Crippen molar-refractivity contribution in [1.29, 1.82) is 0 Å². The van der Waals surface area contributed by atoms with E-state index < -0.39 is 27.5 Å². The maximum Gasteiger partial charge on any atom is 0.291 e. The van der Waals surface area contributed by atoms with Gasteiger partial charge in [-0.1, -0.05) is 18.2 Å². The summed E-state index contributed by atoms with van der Waals surface area (Å²) in [5, 5.41) is 4.87. The molecule has 0 unspecified atom stereocenters. The molecule has 7 nitrogen and oxygen atoms in total. The third-order valence-corrected chi connectivity index (χ3v) is 4.92. The maximum atomic E-state index is 13.6. The second-order valence-corrected chi connectivity index (χ2v) is 8.14. The molecular formula is C20H17FN2O5S. The van der Waals surface area contributed by atoms with Crippen LogP contribution >= 0.6 is 0 Å². The molecule has 3 rings (SSSR count). The van der Waals surface area contributed by atoms with Gasteiger partial charge in [-0.05, 0) is 42.5 Å². The van der Waals surface area contributed by atoms with Gasteiger partial charge in [0, 0.05) is 29.6 Å². The first-order valence-electron chi connectivity index (χ1n) is 8.47. The minimum atomic E-state index is -3.55. The van der Waals surface area contributed by atoms with Gasteiger partial charge >= 0.3 is 0 Å². The van der Waals surface area contributed by atoms with E-state index in [0.717, 1.165) is 6.26 Å². The van der Waals surface area contributed by atoms with E-state index in [1.54, 1.807) is 18.2 Å². The van der Waals surface area contributed by atoms with Gasteiger partial charge in [-0.3, -0.25) is 9.59 Å². The molecule has 2 amide bonds. The molecule has 0 fully saturated rings. The number of amides is 2. The van der Waals surface area contributed by atoms with Crippen LogP contribution in [0.5, 0.6) is 0 Å². The van der Waals surface area contributed by atoms with Crippen LogP contribution in [0.2, 0.25) is 0 Å². The van der Waals surface area contributed by atoms with Crippen molar-refractivity contribution in [2.24, 2.45) is 0 Å². The molecule has 0 saturated heterocycles. The van der Waals surface area contributed by atoms with Gasteiger partial charge in [0.2, 0.25) is 14.9 Å². The molecule has 0 atom stereocenters. The molecule has 9 heteroatoms. The minimum absolute atomic E-state index is 0.0468. The van der Waals surface area contributed by atoms with E-state index in [1.807, 2.05) is 0 Å². The van der Waals surface area contributed by atoms with Crippen LogP contribution in [0.4, 0.5) is 10.1 Å². The first-order valence-corrected chi connectivity index (χ1v) is 10.4. The molecule has 0 aliphatic carbocycles. The molecule has 0 aliphatic rings. The molecule has 0 saturated carbocycles. The Hall–Kier alpha value is -3.46. The van der Waals surface area contributed by atoms with Crippen molar-refractivity contribution in [2.45, 2.75) is 11.6 Å². The minimum Gasteiger partial charge on any atom is -0.440 e. The van der Waals surface area contributed by atoms with Crippen LogP contribution in [0.1, 0.15) is 26.5 Å². The van der Waals surface area contributed by atoms with Gasteiger partial charge in [0.25, 0.3) is 11.8 Å². The first-order chi connectivity index (χ1) is 13.7. The number of carbonyl (C=O) groups excluding carboxylic acids is 2. The predicted octanol–water partition coefficient (Wildman–Crippen LogP) is 3.00. The second kappa shape index (κ2) is 8.27. The van der Waals surface area contributed by atoms with E-state index in [0.29, 0.717) is 16.8 Å². The van der Waals surface area contributed by atoms with Crippen molar-refractivity contribution in [3.8, 4) is 0 Å². The fraction of sp³-hybridized carbons (Fsp3) is 0.100. The molecule has 0 radical (unpaired) electrons. The summed E-state index contributed by atoms with van der Waals surface area (Å²) in [5.74, 6) is -1.58. The summed E-state index contributed by atoms with van der Waals surface area (Å²) < 4.78 is 41.4. The van der Waals surface area contributed by atoms with Crippen molar-refractivity contribution >= 4 is 27.3 Å². The summed E-state index contributed by atoms with van der Waals surface area (Å²) in [4.78, 5) is 24.3.